The molecule has 0 N–H and O–H groups in total. The van der Waals surface area contributed by atoms with Crippen molar-refractivity contribution in [2.75, 3.05) is 53.9 Å². The summed E-state index contributed by atoms with van der Waals surface area (Å²) in [4.78, 5) is 20.0. The molecule has 1 saturated heterocycles. The van der Waals surface area contributed by atoms with Crippen LogP contribution in [0.15, 0.2) is 36.7 Å². The van der Waals surface area contributed by atoms with Crippen LogP contribution in [-0.2, 0) is 6.54 Å². The number of carbonyl (C=O) groups is 1. The van der Waals surface area contributed by atoms with Gasteiger partial charge in [0.25, 0.3) is 5.91 Å². The molecule has 176 valence electrons. The molecule has 1 atom stereocenters. The van der Waals surface area contributed by atoms with Gasteiger partial charge in [0.2, 0.25) is 0 Å². The summed E-state index contributed by atoms with van der Waals surface area (Å²) in [5.41, 5.74) is 1.90. The van der Waals surface area contributed by atoms with Gasteiger partial charge in [-0.05, 0) is 59.3 Å². The molecule has 0 bridgehead atoms. The molecule has 1 aliphatic rings. The minimum Gasteiger partial charge on any atom is -0.496 e. The van der Waals surface area contributed by atoms with Crippen molar-refractivity contribution in [2.45, 2.75) is 39.3 Å². The normalized spacial score (nSPS) is 17.2. The fourth-order valence-corrected chi connectivity index (χ4v) is 4.34. The molecule has 1 fully saturated rings. The average molecular weight is 442 g/mol. The second kappa shape index (κ2) is 11.5. The van der Waals surface area contributed by atoms with Crippen LogP contribution in [0.2, 0.25) is 0 Å². The minimum atomic E-state index is 0.0839. The Hall–Kier alpha value is -2.38. The Kier molecular flexibility index (Phi) is 8.70. The van der Waals surface area contributed by atoms with Crippen LogP contribution in [0.1, 0.15) is 48.7 Å². The third-order valence-corrected chi connectivity index (χ3v) is 6.15. The molecule has 1 amide bonds. The number of benzene rings is 1. The van der Waals surface area contributed by atoms with Gasteiger partial charge in [0.1, 0.15) is 5.75 Å². The van der Waals surface area contributed by atoms with Gasteiger partial charge in [-0.15, -0.1) is 0 Å². The largest absolute Gasteiger partial charge is 0.496 e. The fourth-order valence-electron chi connectivity index (χ4n) is 4.34. The predicted octanol–water partition coefficient (Wildman–Crippen LogP) is 3.39. The summed E-state index contributed by atoms with van der Waals surface area (Å²) in [6, 6.07) is 8.49. The summed E-state index contributed by atoms with van der Waals surface area (Å²) in [5, 5.41) is 4.38. The second-order valence-electron chi connectivity index (χ2n) is 9.41. The lowest BCUT2D eigenvalue weighted by Crippen LogP contribution is -2.44. The Bertz CT molecular complexity index is 864. The zero-order valence-electron chi connectivity index (χ0n) is 20.3. The van der Waals surface area contributed by atoms with Gasteiger partial charge in [0.15, 0.2) is 0 Å². The molecule has 0 aliphatic carbocycles. The second-order valence-corrected chi connectivity index (χ2v) is 9.41. The highest BCUT2D eigenvalue weighted by molar-refractivity contribution is 5.93. The van der Waals surface area contributed by atoms with E-state index in [0.717, 1.165) is 57.9 Å². The highest BCUT2D eigenvalue weighted by Gasteiger charge is 2.26. The smallest absolute Gasteiger partial charge is 0.257 e. The van der Waals surface area contributed by atoms with E-state index in [1.165, 1.54) is 5.56 Å². The maximum Gasteiger partial charge on any atom is 0.257 e. The van der Waals surface area contributed by atoms with Gasteiger partial charge in [-0.25, -0.2) is 0 Å². The number of hydrogen-bond donors (Lipinski definition) is 0. The SMILES string of the molecule is COc1ccccc1CN1CCCC(CN(CCN(C)C)C(=O)c2cnn(C(C)C)c2)C1. The van der Waals surface area contributed by atoms with Crippen LogP contribution >= 0.6 is 0 Å². The zero-order valence-corrected chi connectivity index (χ0v) is 20.3. The van der Waals surface area contributed by atoms with E-state index in [2.05, 4.69) is 55.0 Å². The number of methoxy groups -OCH3 is 1. The molecule has 1 aromatic carbocycles. The molecule has 7 heteroatoms. The van der Waals surface area contributed by atoms with Crippen molar-refractivity contribution in [1.29, 1.82) is 0 Å². The average Bonchev–Trinajstić information content (AvgIpc) is 3.27. The quantitative estimate of drug-likeness (QED) is 0.566. The Labute approximate surface area is 192 Å². The Morgan fingerprint density at radius 3 is 2.72 bits per heavy atom. The van der Waals surface area contributed by atoms with Gasteiger partial charge < -0.3 is 14.5 Å². The lowest BCUT2D eigenvalue weighted by atomic mass is 9.96. The van der Waals surface area contributed by atoms with E-state index in [0.29, 0.717) is 11.5 Å². The molecule has 7 nitrogen and oxygen atoms in total. The maximum absolute atomic E-state index is 13.3. The molecule has 2 heterocycles. The molecular weight excluding hydrogens is 402 g/mol. The van der Waals surface area contributed by atoms with Crippen molar-refractivity contribution in [3.05, 3.63) is 47.8 Å². The summed E-state index contributed by atoms with van der Waals surface area (Å²) in [6.45, 7) is 9.46. The van der Waals surface area contributed by atoms with Gasteiger partial charge >= 0.3 is 0 Å². The van der Waals surface area contributed by atoms with Crippen LogP contribution in [0.25, 0.3) is 0 Å². The summed E-state index contributed by atoms with van der Waals surface area (Å²) >= 11 is 0. The highest BCUT2D eigenvalue weighted by Crippen LogP contribution is 2.24. The standard InChI is InChI=1S/C25H39N5O2/c1-20(2)30-19-23(15-26-30)25(31)29(14-13-27(3)4)17-21-9-8-12-28(16-21)18-22-10-6-7-11-24(22)32-5/h6-7,10-11,15,19-21H,8-9,12-14,16-18H2,1-5H3. The van der Waals surface area contributed by atoms with Crippen LogP contribution in [0.4, 0.5) is 0 Å². The van der Waals surface area contributed by atoms with E-state index in [9.17, 15) is 4.79 Å². The third kappa shape index (κ3) is 6.56. The monoisotopic (exact) mass is 441 g/mol. The minimum absolute atomic E-state index is 0.0839. The van der Waals surface area contributed by atoms with E-state index in [4.69, 9.17) is 4.74 Å². The van der Waals surface area contributed by atoms with Crippen molar-refractivity contribution in [1.82, 2.24) is 24.5 Å². The van der Waals surface area contributed by atoms with Gasteiger partial charge in [0.05, 0.1) is 18.9 Å². The molecule has 1 aromatic heterocycles. The van der Waals surface area contributed by atoms with E-state index < -0.39 is 0 Å². The van der Waals surface area contributed by atoms with E-state index in [-0.39, 0.29) is 11.9 Å². The Morgan fingerprint density at radius 1 is 1.25 bits per heavy atom. The predicted molar refractivity (Wildman–Crippen MR) is 128 cm³/mol. The van der Waals surface area contributed by atoms with Crippen LogP contribution < -0.4 is 4.74 Å². The number of carbonyl (C=O) groups excluding carboxylic acids is 1. The number of rotatable bonds is 10. The van der Waals surface area contributed by atoms with Crippen molar-refractivity contribution in [2.24, 2.45) is 5.92 Å². The third-order valence-electron chi connectivity index (χ3n) is 6.15. The van der Waals surface area contributed by atoms with Gasteiger partial charge in [-0.3, -0.25) is 14.4 Å². The van der Waals surface area contributed by atoms with Crippen molar-refractivity contribution in [3.8, 4) is 5.75 Å². The first-order valence-electron chi connectivity index (χ1n) is 11.7. The molecular formula is C25H39N5O2. The van der Waals surface area contributed by atoms with Gasteiger partial charge in [-0.2, -0.15) is 5.10 Å². The summed E-state index contributed by atoms with van der Waals surface area (Å²) in [6.07, 6.45) is 5.89. The molecule has 0 radical (unpaired) electrons. The van der Waals surface area contributed by atoms with Crippen LogP contribution in [0.3, 0.4) is 0 Å². The number of ether oxygens (including phenoxy) is 1. The highest BCUT2D eigenvalue weighted by atomic mass is 16.5. The molecule has 2 aromatic rings. The number of amides is 1. The van der Waals surface area contributed by atoms with E-state index in [1.54, 1.807) is 13.3 Å². The number of likely N-dealkylation sites (N-methyl/N-ethyl adjacent to an activating group) is 1. The van der Waals surface area contributed by atoms with Crippen molar-refractivity contribution in [3.63, 3.8) is 0 Å². The zero-order chi connectivity index (χ0) is 23.1. The maximum atomic E-state index is 13.3. The number of aromatic nitrogens is 2. The van der Waals surface area contributed by atoms with E-state index in [1.807, 2.05) is 27.9 Å². The molecule has 3 rings (SSSR count). The van der Waals surface area contributed by atoms with Gasteiger partial charge in [-0.1, -0.05) is 18.2 Å². The first-order valence-corrected chi connectivity index (χ1v) is 11.7. The first-order chi connectivity index (χ1) is 15.4. The fraction of sp³-hybridized carbons (Fsp3) is 0.600. The van der Waals surface area contributed by atoms with Crippen LogP contribution in [0.5, 0.6) is 5.75 Å². The summed E-state index contributed by atoms with van der Waals surface area (Å²) in [5.74, 6) is 1.49. The van der Waals surface area contributed by atoms with Crippen LogP contribution in [0, 0.1) is 5.92 Å². The molecule has 0 saturated carbocycles. The lowest BCUT2D eigenvalue weighted by molar-refractivity contribution is 0.0660. The summed E-state index contributed by atoms with van der Waals surface area (Å²) in [7, 11) is 5.83. The summed E-state index contributed by atoms with van der Waals surface area (Å²) < 4.78 is 7.39. The number of piperidine rings is 1. The van der Waals surface area contributed by atoms with Crippen molar-refractivity contribution < 1.29 is 9.53 Å². The topological polar surface area (TPSA) is 53.8 Å². The number of hydrogen-bond acceptors (Lipinski definition) is 5. The Morgan fingerprint density at radius 2 is 2.03 bits per heavy atom. The molecule has 1 unspecified atom stereocenters. The molecule has 0 spiro atoms. The first kappa shape index (κ1) is 24.3. The van der Waals surface area contributed by atoms with E-state index >= 15 is 0 Å². The number of likely N-dealkylation sites (tertiary alicyclic amines) is 1. The van der Waals surface area contributed by atoms with Gasteiger partial charge in [0, 0.05) is 50.5 Å². The molecule has 1 aliphatic heterocycles. The Balaban J connectivity index is 1.67. The van der Waals surface area contributed by atoms with Crippen molar-refractivity contribution >= 4 is 5.91 Å². The molecule has 32 heavy (non-hydrogen) atoms. The number of para-hydroxylation sites is 1. The lowest BCUT2D eigenvalue weighted by Gasteiger charge is -2.36. The van der Waals surface area contributed by atoms with Crippen LogP contribution in [-0.4, -0.2) is 84.3 Å². The number of nitrogens with zero attached hydrogens (tertiary/aromatic N) is 5.